The smallest absolute Gasteiger partial charge is 0.0812 e. The van der Waals surface area contributed by atoms with Gasteiger partial charge in [0.2, 0.25) is 0 Å². The van der Waals surface area contributed by atoms with E-state index in [9.17, 15) is 0 Å². The Morgan fingerprint density at radius 3 is 1.77 bits per heavy atom. The van der Waals surface area contributed by atoms with E-state index in [1.807, 2.05) is 0 Å². The van der Waals surface area contributed by atoms with Gasteiger partial charge in [0, 0.05) is 6.42 Å². The van der Waals surface area contributed by atoms with Crippen LogP contribution in [0.4, 0.5) is 0 Å². The van der Waals surface area contributed by atoms with Crippen molar-refractivity contribution >= 4 is 0 Å². The Labute approximate surface area is 82.7 Å². The van der Waals surface area contributed by atoms with E-state index in [2.05, 4.69) is 20.9 Å². The van der Waals surface area contributed by atoms with Crippen LogP contribution in [0, 0.1) is 0 Å². The first-order valence-electron chi connectivity index (χ1n) is 5.39. The van der Waals surface area contributed by atoms with Crippen LogP contribution in [0.3, 0.4) is 0 Å². The molecule has 0 aliphatic carbocycles. The third-order valence-corrected chi connectivity index (χ3v) is 2.53. The average Bonchev–Trinajstić information content (AvgIpc) is 2.02. The maximum atomic E-state index is 5.56. The SMILES string of the molecule is CCC[N+](C)(CCC)CCC(N)N. The molecule has 0 aromatic rings. The number of rotatable bonds is 7. The molecule has 0 aromatic carbocycles. The van der Waals surface area contributed by atoms with Crippen LogP contribution in [-0.4, -0.2) is 37.3 Å². The normalized spacial score (nSPS) is 12.5. The molecular weight excluding hydrogens is 162 g/mol. The van der Waals surface area contributed by atoms with Gasteiger partial charge in [-0.2, -0.15) is 0 Å². The topological polar surface area (TPSA) is 52.0 Å². The van der Waals surface area contributed by atoms with Crippen LogP contribution < -0.4 is 11.5 Å². The molecule has 3 heteroatoms. The summed E-state index contributed by atoms with van der Waals surface area (Å²) in [6, 6.07) is 0. The third kappa shape index (κ3) is 6.02. The Balaban J connectivity index is 3.91. The van der Waals surface area contributed by atoms with Crippen molar-refractivity contribution in [2.75, 3.05) is 26.7 Å². The minimum atomic E-state index is -0.147. The van der Waals surface area contributed by atoms with Crippen LogP contribution in [0.5, 0.6) is 0 Å². The second kappa shape index (κ2) is 6.35. The van der Waals surface area contributed by atoms with E-state index in [-0.39, 0.29) is 6.17 Å². The number of hydrogen-bond acceptors (Lipinski definition) is 2. The van der Waals surface area contributed by atoms with Gasteiger partial charge < -0.3 is 16.0 Å². The molecule has 13 heavy (non-hydrogen) atoms. The fourth-order valence-corrected chi connectivity index (χ4v) is 1.88. The standard InChI is InChI=1S/C10H26N3/c1-4-7-13(3,8-5-2)9-6-10(11)12/h10H,4-9,11-12H2,1-3H3/q+1. The van der Waals surface area contributed by atoms with Crippen molar-refractivity contribution in [3.8, 4) is 0 Å². The maximum absolute atomic E-state index is 5.56. The molecule has 0 spiro atoms. The molecular formula is C10H26N3+. The lowest BCUT2D eigenvalue weighted by atomic mass is 10.2. The van der Waals surface area contributed by atoms with E-state index in [0.717, 1.165) is 17.4 Å². The summed E-state index contributed by atoms with van der Waals surface area (Å²) in [4.78, 5) is 0. The summed E-state index contributed by atoms with van der Waals surface area (Å²) in [6.07, 6.45) is 3.24. The molecule has 0 heterocycles. The fraction of sp³-hybridized carbons (Fsp3) is 1.00. The lowest BCUT2D eigenvalue weighted by molar-refractivity contribution is -0.910. The van der Waals surface area contributed by atoms with Crippen molar-refractivity contribution in [2.45, 2.75) is 39.3 Å². The Morgan fingerprint density at radius 2 is 1.46 bits per heavy atom. The number of nitrogens with two attached hydrogens (primary N) is 2. The van der Waals surface area contributed by atoms with Gasteiger partial charge in [0.15, 0.2) is 0 Å². The maximum Gasteiger partial charge on any atom is 0.0812 e. The van der Waals surface area contributed by atoms with Gasteiger partial charge in [-0.25, -0.2) is 0 Å². The van der Waals surface area contributed by atoms with Gasteiger partial charge in [-0.15, -0.1) is 0 Å². The molecule has 0 saturated carbocycles. The summed E-state index contributed by atoms with van der Waals surface area (Å²) >= 11 is 0. The predicted molar refractivity (Wildman–Crippen MR) is 58.1 cm³/mol. The van der Waals surface area contributed by atoms with Crippen LogP contribution in [-0.2, 0) is 0 Å². The van der Waals surface area contributed by atoms with Gasteiger partial charge >= 0.3 is 0 Å². The van der Waals surface area contributed by atoms with Crippen molar-refractivity contribution in [3.63, 3.8) is 0 Å². The van der Waals surface area contributed by atoms with Crippen LogP contribution in [0.2, 0.25) is 0 Å². The van der Waals surface area contributed by atoms with Crippen molar-refractivity contribution in [1.82, 2.24) is 0 Å². The fourth-order valence-electron chi connectivity index (χ4n) is 1.88. The molecule has 0 amide bonds. The average molecular weight is 188 g/mol. The zero-order chi connectivity index (χ0) is 10.3. The minimum Gasteiger partial charge on any atom is -0.326 e. The highest BCUT2D eigenvalue weighted by molar-refractivity contribution is 4.50. The van der Waals surface area contributed by atoms with Gasteiger partial charge in [-0.05, 0) is 12.8 Å². The second-order valence-corrected chi connectivity index (χ2v) is 4.24. The van der Waals surface area contributed by atoms with Gasteiger partial charge in [-0.3, -0.25) is 0 Å². The molecule has 0 bridgehead atoms. The molecule has 3 nitrogen and oxygen atoms in total. The minimum absolute atomic E-state index is 0.147. The summed E-state index contributed by atoms with van der Waals surface area (Å²) < 4.78 is 1.12. The first kappa shape index (κ1) is 12.9. The van der Waals surface area contributed by atoms with E-state index >= 15 is 0 Å². The highest BCUT2D eigenvalue weighted by Gasteiger charge is 2.19. The molecule has 80 valence electrons. The number of hydrogen-bond donors (Lipinski definition) is 2. The Hall–Kier alpha value is -0.120. The van der Waals surface area contributed by atoms with Crippen LogP contribution in [0.15, 0.2) is 0 Å². The third-order valence-electron chi connectivity index (χ3n) is 2.53. The van der Waals surface area contributed by atoms with E-state index in [4.69, 9.17) is 11.5 Å². The molecule has 0 fully saturated rings. The molecule has 0 aromatic heterocycles. The van der Waals surface area contributed by atoms with Crippen molar-refractivity contribution in [3.05, 3.63) is 0 Å². The molecule has 0 unspecified atom stereocenters. The summed E-state index contributed by atoms with van der Waals surface area (Å²) in [5.41, 5.74) is 11.1. The quantitative estimate of drug-likeness (QED) is 0.460. The number of quaternary nitrogens is 1. The second-order valence-electron chi connectivity index (χ2n) is 4.24. The first-order valence-corrected chi connectivity index (χ1v) is 5.39. The molecule has 4 N–H and O–H groups in total. The zero-order valence-corrected chi connectivity index (χ0v) is 9.42. The van der Waals surface area contributed by atoms with Gasteiger partial charge in [-0.1, -0.05) is 13.8 Å². The van der Waals surface area contributed by atoms with Gasteiger partial charge in [0.05, 0.1) is 32.8 Å². The molecule has 0 aliphatic heterocycles. The Bertz CT molecular complexity index is 117. The summed E-state index contributed by atoms with van der Waals surface area (Å²) in [7, 11) is 2.30. The first-order chi connectivity index (χ1) is 6.04. The van der Waals surface area contributed by atoms with E-state index in [0.29, 0.717) is 0 Å². The summed E-state index contributed by atoms with van der Waals surface area (Å²) in [6.45, 7) is 8.05. The lowest BCUT2D eigenvalue weighted by Crippen LogP contribution is -2.48. The molecule has 0 aliphatic rings. The van der Waals surface area contributed by atoms with E-state index < -0.39 is 0 Å². The Morgan fingerprint density at radius 1 is 1.00 bits per heavy atom. The number of nitrogens with zero attached hydrogens (tertiary/aromatic N) is 1. The van der Waals surface area contributed by atoms with E-state index in [1.54, 1.807) is 0 Å². The molecule has 0 atom stereocenters. The zero-order valence-electron chi connectivity index (χ0n) is 9.42. The van der Waals surface area contributed by atoms with Crippen molar-refractivity contribution in [2.24, 2.45) is 11.5 Å². The van der Waals surface area contributed by atoms with Crippen molar-refractivity contribution in [1.29, 1.82) is 0 Å². The van der Waals surface area contributed by atoms with Gasteiger partial charge in [0.25, 0.3) is 0 Å². The van der Waals surface area contributed by atoms with Gasteiger partial charge in [0.1, 0.15) is 0 Å². The van der Waals surface area contributed by atoms with Crippen LogP contribution in [0.25, 0.3) is 0 Å². The Kier molecular flexibility index (Phi) is 6.29. The lowest BCUT2D eigenvalue weighted by Gasteiger charge is -2.34. The molecule has 0 rings (SSSR count). The summed E-state index contributed by atoms with van der Waals surface area (Å²) in [5.74, 6) is 0. The molecule has 0 saturated heterocycles. The highest BCUT2D eigenvalue weighted by Crippen LogP contribution is 2.07. The summed E-state index contributed by atoms with van der Waals surface area (Å²) in [5, 5.41) is 0. The highest BCUT2D eigenvalue weighted by atomic mass is 15.3. The van der Waals surface area contributed by atoms with Crippen LogP contribution in [0.1, 0.15) is 33.1 Å². The van der Waals surface area contributed by atoms with Crippen molar-refractivity contribution < 1.29 is 4.48 Å². The monoisotopic (exact) mass is 188 g/mol. The largest absolute Gasteiger partial charge is 0.326 e. The van der Waals surface area contributed by atoms with E-state index in [1.165, 1.54) is 25.9 Å². The predicted octanol–water partition coefficient (Wildman–Crippen LogP) is 0.887. The van der Waals surface area contributed by atoms with Crippen LogP contribution >= 0.6 is 0 Å². The molecule has 0 radical (unpaired) electrons.